The number of hydrogen-bond acceptors (Lipinski definition) is 3. The Morgan fingerprint density at radius 2 is 2.39 bits per heavy atom. The lowest BCUT2D eigenvalue weighted by molar-refractivity contribution is 0.521. The Balaban J connectivity index is 1.60. The fraction of sp³-hybridized carbons (Fsp3) is 0.500. The van der Waals surface area contributed by atoms with Crippen LogP contribution in [0.5, 0.6) is 0 Å². The molecule has 3 nitrogen and oxygen atoms in total. The number of hydrogen-bond donors (Lipinski definition) is 1. The molecule has 0 bridgehead atoms. The molecular weight excluding hydrogens is 242 g/mol. The van der Waals surface area contributed by atoms with Crippen molar-refractivity contribution in [2.24, 2.45) is 0 Å². The molecule has 2 heterocycles. The number of fused-ring (bicyclic) bond motifs is 1. The van der Waals surface area contributed by atoms with Gasteiger partial charge in [-0.2, -0.15) is 11.8 Å². The number of rotatable bonds is 4. The Kier molecular flexibility index (Phi) is 3.57. The van der Waals surface area contributed by atoms with Crippen LogP contribution in [0.1, 0.15) is 25.0 Å². The summed E-state index contributed by atoms with van der Waals surface area (Å²) in [5.74, 6) is 0. The summed E-state index contributed by atoms with van der Waals surface area (Å²) in [6.45, 7) is 0.882. The molecule has 1 saturated carbocycles. The fourth-order valence-electron chi connectivity index (χ4n) is 2.66. The molecule has 1 fully saturated rings. The van der Waals surface area contributed by atoms with Gasteiger partial charge in [-0.05, 0) is 37.7 Å². The Labute approximate surface area is 112 Å². The highest BCUT2D eigenvalue weighted by molar-refractivity contribution is 7.99. The largest absolute Gasteiger partial charge is 0.308 e. The second-order valence-corrected chi connectivity index (χ2v) is 6.09. The molecule has 3 rings (SSSR count). The molecular formula is C14H19N3S. The summed E-state index contributed by atoms with van der Waals surface area (Å²) in [5.41, 5.74) is 2.16. The van der Waals surface area contributed by atoms with E-state index in [1.165, 1.54) is 19.3 Å². The normalized spacial score (nSPS) is 23.8. The van der Waals surface area contributed by atoms with Crippen LogP contribution in [0.4, 0.5) is 0 Å². The molecule has 0 aliphatic heterocycles. The molecule has 1 N–H and O–H groups in total. The minimum absolute atomic E-state index is 0.673. The van der Waals surface area contributed by atoms with Crippen molar-refractivity contribution in [1.82, 2.24) is 14.7 Å². The third-order valence-corrected chi connectivity index (χ3v) is 4.80. The van der Waals surface area contributed by atoms with Crippen molar-refractivity contribution >= 4 is 17.4 Å². The van der Waals surface area contributed by atoms with Gasteiger partial charge in [0, 0.05) is 30.2 Å². The highest BCUT2D eigenvalue weighted by atomic mass is 32.2. The maximum absolute atomic E-state index is 4.61. The van der Waals surface area contributed by atoms with E-state index in [-0.39, 0.29) is 0 Å². The molecule has 0 saturated heterocycles. The highest BCUT2D eigenvalue weighted by Crippen LogP contribution is 2.28. The van der Waals surface area contributed by atoms with E-state index >= 15 is 0 Å². The van der Waals surface area contributed by atoms with Gasteiger partial charge in [0.05, 0.1) is 5.69 Å². The number of aromatic nitrogens is 2. The number of thioether (sulfide) groups is 1. The van der Waals surface area contributed by atoms with Gasteiger partial charge in [0.15, 0.2) is 0 Å². The van der Waals surface area contributed by atoms with Crippen molar-refractivity contribution in [1.29, 1.82) is 0 Å². The number of pyridine rings is 1. The first kappa shape index (κ1) is 12.1. The predicted molar refractivity (Wildman–Crippen MR) is 77.0 cm³/mol. The van der Waals surface area contributed by atoms with Crippen molar-refractivity contribution in [3.63, 3.8) is 0 Å². The van der Waals surface area contributed by atoms with Gasteiger partial charge in [-0.15, -0.1) is 0 Å². The van der Waals surface area contributed by atoms with Gasteiger partial charge >= 0.3 is 0 Å². The molecule has 96 valence electrons. The van der Waals surface area contributed by atoms with Gasteiger partial charge in [-0.25, -0.2) is 4.98 Å². The van der Waals surface area contributed by atoms with Crippen LogP contribution in [-0.4, -0.2) is 26.9 Å². The fourth-order valence-corrected chi connectivity index (χ4v) is 3.46. The van der Waals surface area contributed by atoms with Crippen LogP contribution >= 0.6 is 11.8 Å². The summed E-state index contributed by atoms with van der Waals surface area (Å²) in [4.78, 5) is 4.61. The molecule has 0 radical (unpaired) electrons. The van der Waals surface area contributed by atoms with Crippen LogP contribution in [0.25, 0.3) is 5.65 Å². The summed E-state index contributed by atoms with van der Waals surface area (Å²) >= 11 is 2.00. The summed E-state index contributed by atoms with van der Waals surface area (Å²) in [6, 6.07) is 6.78. The summed E-state index contributed by atoms with van der Waals surface area (Å²) < 4.78 is 2.08. The Bertz CT molecular complexity index is 489. The number of nitrogens with zero attached hydrogens (tertiary/aromatic N) is 2. The smallest absolute Gasteiger partial charge is 0.137 e. The second kappa shape index (κ2) is 5.33. The lowest BCUT2D eigenvalue weighted by Gasteiger charge is -2.11. The molecule has 2 aromatic heterocycles. The Morgan fingerprint density at radius 1 is 1.44 bits per heavy atom. The van der Waals surface area contributed by atoms with E-state index in [0.717, 1.165) is 23.1 Å². The van der Waals surface area contributed by atoms with Crippen LogP contribution in [0.3, 0.4) is 0 Å². The zero-order valence-electron chi connectivity index (χ0n) is 10.7. The molecule has 2 aromatic rings. The zero-order valence-corrected chi connectivity index (χ0v) is 11.5. The van der Waals surface area contributed by atoms with Crippen LogP contribution in [-0.2, 0) is 6.54 Å². The standard InChI is InChI=1S/C14H19N3S/c1-18-13-6-5-11(8-13)15-9-12-10-17-7-3-2-4-14(17)16-12/h2-4,7,10-11,13,15H,5-6,8-9H2,1H3. The van der Waals surface area contributed by atoms with E-state index in [1.54, 1.807) is 0 Å². The van der Waals surface area contributed by atoms with Crippen molar-refractivity contribution in [2.45, 2.75) is 37.1 Å². The average molecular weight is 261 g/mol. The van der Waals surface area contributed by atoms with Gasteiger partial charge in [-0.1, -0.05) is 6.07 Å². The van der Waals surface area contributed by atoms with Gasteiger partial charge in [0.2, 0.25) is 0 Å². The Hall–Kier alpha value is -1.00. The molecule has 0 spiro atoms. The quantitative estimate of drug-likeness (QED) is 0.917. The lowest BCUT2D eigenvalue weighted by atomic mass is 10.2. The first-order valence-corrected chi connectivity index (χ1v) is 7.83. The third kappa shape index (κ3) is 2.54. The summed E-state index contributed by atoms with van der Waals surface area (Å²) in [7, 11) is 0. The molecule has 0 aromatic carbocycles. The SMILES string of the molecule is CSC1CCC(NCc2cn3ccccc3n2)C1. The van der Waals surface area contributed by atoms with E-state index in [0.29, 0.717) is 6.04 Å². The summed E-state index contributed by atoms with van der Waals surface area (Å²) in [5, 5.41) is 4.48. The predicted octanol–water partition coefficient (Wildman–Crippen LogP) is 2.71. The van der Waals surface area contributed by atoms with Crippen molar-refractivity contribution in [2.75, 3.05) is 6.26 Å². The van der Waals surface area contributed by atoms with Crippen LogP contribution in [0.15, 0.2) is 30.6 Å². The summed E-state index contributed by atoms with van der Waals surface area (Å²) in [6.07, 6.45) is 10.3. The van der Waals surface area contributed by atoms with E-state index < -0.39 is 0 Å². The molecule has 4 heteroatoms. The maximum Gasteiger partial charge on any atom is 0.137 e. The van der Waals surface area contributed by atoms with Crippen LogP contribution < -0.4 is 5.32 Å². The van der Waals surface area contributed by atoms with E-state index in [2.05, 4.69) is 27.2 Å². The first-order valence-electron chi connectivity index (χ1n) is 6.54. The van der Waals surface area contributed by atoms with Crippen molar-refractivity contribution < 1.29 is 0 Å². The highest BCUT2D eigenvalue weighted by Gasteiger charge is 2.23. The molecule has 1 aliphatic carbocycles. The number of imidazole rings is 1. The van der Waals surface area contributed by atoms with Crippen LogP contribution in [0, 0.1) is 0 Å². The van der Waals surface area contributed by atoms with Crippen LogP contribution in [0.2, 0.25) is 0 Å². The maximum atomic E-state index is 4.61. The minimum atomic E-state index is 0.673. The van der Waals surface area contributed by atoms with Crippen molar-refractivity contribution in [3.8, 4) is 0 Å². The van der Waals surface area contributed by atoms with Gasteiger partial charge < -0.3 is 9.72 Å². The van der Waals surface area contributed by atoms with Gasteiger partial charge in [-0.3, -0.25) is 0 Å². The molecule has 2 atom stereocenters. The van der Waals surface area contributed by atoms with E-state index in [1.807, 2.05) is 36.2 Å². The molecule has 18 heavy (non-hydrogen) atoms. The lowest BCUT2D eigenvalue weighted by Crippen LogP contribution is -2.26. The van der Waals surface area contributed by atoms with E-state index in [9.17, 15) is 0 Å². The average Bonchev–Trinajstić information content (AvgIpc) is 3.02. The number of nitrogens with one attached hydrogen (secondary N) is 1. The van der Waals surface area contributed by atoms with Gasteiger partial charge in [0.25, 0.3) is 0 Å². The second-order valence-electron chi connectivity index (χ2n) is 4.95. The third-order valence-electron chi connectivity index (χ3n) is 3.70. The topological polar surface area (TPSA) is 29.3 Å². The Morgan fingerprint density at radius 3 is 3.17 bits per heavy atom. The zero-order chi connectivity index (χ0) is 12.4. The van der Waals surface area contributed by atoms with Crippen molar-refractivity contribution in [3.05, 3.63) is 36.3 Å². The molecule has 2 unspecified atom stereocenters. The molecule has 0 amide bonds. The van der Waals surface area contributed by atoms with E-state index in [4.69, 9.17) is 0 Å². The first-order chi connectivity index (χ1) is 8.85. The monoisotopic (exact) mass is 261 g/mol. The van der Waals surface area contributed by atoms with Gasteiger partial charge in [0.1, 0.15) is 5.65 Å². The minimum Gasteiger partial charge on any atom is -0.308 e. The molecule has 1 aliphatic rings.